The zero-order chi connectivity index (χ0) is 20.6. The highest BCUT2D eigenvalue weighted by molar-refractivity contribution is 5.76. The first kappa shape index (κ1) is 18.9. The fourth-order valence-electron chi connectivity index (χ4n) is 3.43. The van der Waals surface area contributed by atoms with E-state index in [2.05, 4.69) is 15.1 Å². The normalized spacial score (nSPS) is 14.6. The van der Waals surface area contributed by atoms with Gasteiger partial charge in [0.1, 0.15) is 29.9 Å². The van der Waals surface area contributed by atoms with E-state index in [9.17, 15) is 18.7 Å². The van der Waals surface area contributed by atoms with Crippen molar-refractivity contribution >= 4 is 10.9 Å². The molecule has 0 saturated heterocycles. The largest absolute Gasteiger partial charge is 0.381 e. The second-order valence-corrected chi connectivity index (χ2v) is 6.79. The Morgan fingerprint density at radius 1 is 1.17 bits per heavy atom. The molecule has 29 heavy (non-hydrogen) atoms. The van der Waals surface area contributed by atoms with Crippen molar-refractivity contribution in [2.45, 2.75) is 25.1 Å². The van der Waals surface area contributed by atoms with Crippen molar-refractivity contribution in [3.63, 3.8) is 0 Å². The van der Waals surface area contributed by atoms with Crippen LogP contribution in [-0.4, -0.2) is 29.4 Å². The summed E-state index contributed by atoms with van der Waals surface area (Å²) in [4.78, 5) is 21.1. The zero-order valence-electron chi connectivity index (χ0n) is 15.4. The Hall–Kier alpha value is -3.46. The molecule has 4 rings (SSSR count). The second-order valence-electron chi connectivity index (χ2n) is 6.79. The minimum Gasteiger partial charge on any atom is -0.381 e. The Morgan fingerprint density at radius 3 is 2.69 bits per heavy atom. The quantitative estimate of drug-likeness (QED) is 0.559. The molecule has 2 aromatic carbocycles. The molecule has 2 atom stereocenters. The predicted molar refractivity (Wildman–Crippen MR) is 101 cm³/mol. The molecule has 7 nitrogen and oxygen atoms in total. The highest BCUT2D eigenvalue weighted by Gasteiger charge is 2.40. The van der Waals surface area contributed by atoms with E-state index >= 15 is 0 Å². The van der Waals surface area contributed by atoms with Crippen LogP contribution in [0.5, 0.6) is 0 Å². The van der Waals surface area contributed by atoms with E-state index in [4.69, 9.17) is 0 Å². The maximum Gasteiger partial charge on any atom is 0.261 e. The standard InChI is InChI=1S/C20H17F2N5O2/c1-13(27-12-24-18-5-3-2-4-15(18)19(27)28)20(29,9-26-11-23-10-25-26)16-7-6-14(21)8-17(16)22/h2-8,10-13,29H,9H2,1H3/t13-,20-/m1/s1. The van der Waals surface area contributed by atoms with Gasteiger partial charge < -0.3 is 5.11 Å². The van der Waals surface area contributed by atoms with Crippen LogP contribution in [0, 0.1) is 11.6 Å². The van der Waals surface area contributed by atoms with Crippen LogP contribution < -0.4 is 5.56 Å². The van der Waals surface area contributed by atoms with Gasteiger partial charge in [-0.05, 0) is 25.1 Å². The molecule has 2 heterocycles. The number of benzene rings is 2. The number of hydrogen-bond acceptors (Lipinski definition) is 5. The average molecular weight is 397 g/mol. The number of fused-ring (bicyclic) bond motifs is 1. The molecule has 0 amide bonds. The van der Waals surface area contributed by atoms with Crippen molar-refractivity contribution in [3.8, 4) is 0 Å². The van der Waals surface area contributed by atoms with Crippen LogP contribution in [0.15, 0.2) is 66.2 Å². The van der Waals surface area contributed by atoms with Crippen molar-refractivity contribution in [2.75, 3.05) is 0 Å². The summed E-state index contributed by atoms with van der Waals surface area (Å²) < 4.78 is 30.7. The van der Waals surface area contributed by atoms with Gasteiger partial charge in [0.25, 0.3) is 5.56 Å². The lowest BCUT2D eigenvalue weighted by Gasteiger charge is -2.35. The number of rotatable bonds is 5. The SMILES string of the molecule is C[C@@H](n1cnc2ccccc2c1=O)[C@](O)(Cn1cncn1)c1ccc(F)cc1F. The van der Waals surface area contributed by atoms with E-state index < -0.39 is 23.3 Å². The first-order valence-electron chi connectivity index (χ1n) is 8.86. The number of hydrogen-bond donors (Lipinski definition) is 1. The van der Waals surface area contributed by atoms with Crippen LogP contribution in [-0.2, 0) is 12.1 Å². The topological polar surface area (TPSA) is 85.8 Å². The van der Waals surface area contributed by atoms with Crippen molar-refractivity contribution in [1.82, 2.24) is 24.3 Å². The highest BCUT2D eigenvalue weighted by Crippen LogP contribution is 2.36. The Balaban J connectivity index is 1.89. The molecule has 148 valence electrons. The fraction of sp³-hybridized carbons (Fsp3) is 0.200. The van der Waals surface area contributed by atoms with Crippen LogP contribution in [0.2, 0.25) is 0 Å². The van der Waals surface area contributed by atoms with Crippen molar-refractivity contribution < 1.29 is 13.9 Å². The lowest BCUT2D eigenvalue weighted by atomic mass is 9.86. The molecule has 0 fully saturated rings. The van der Waals surface area contributed by atoms with E-state index in [1.165, 1.54) is 28.2 Å². The molecule has 2 aromatic heterocycles. The van der Waals surface area contributed by atoms with Crippen molar-refractivity contribution in [1.29, 1.82) is 0 Å². The molecule has 0 saturated carbocycles. The van der Waals surface area contributed by atoms with Gasteiger partial charge in [0.2, 0.25) is 0 Å². The first-order valence-corrected chi connectivity index (χ1v) is 8.86. The lowest BCUT2D eigenvalue weighted by molar-refractivity contribution is -0.0343. The summed E-state index contributed by atoms with van der Waals surface area (Å²) in [6.07, 6.45) is 3.94. The van der Waals surface area contributed by atoms with Gasteiger partial charge in [-0.15, -0.1) is 0 Å². The molecule has 1 N–H and O–H groups in total. The molecule has 0 aliphatic rings. The van der Waals surface area contributed by atoms with Gasteiger partial charge in [0, 0.05) is 11.6 Å². The maximum absolute atomic E-state index is 14.7. The molecule has 0 radical (unpaired) electrons. The van der Waals surface area contributed by atoms with Crippen LogP contribution in [0.1, 0.15) is 18.5 Å². The highest BCUT2D eigenvalue weighted by atomic mass is 19.1. The van der Waals surface area contributed by atoms with Crippen LogP contribution >= 0.6 is 0 Å². The predicted octanol–water partition coefficient (Wildman–Crippen LogP) is 2.42. The number of halogens is 2. The molecule has 0 spiro atoms. The van der Waals surface area contributed by atoms with E-state index in [0.29, 0.717) is 17.0 Å². The minimum atomic E-state index is -1.94. The third-order valence-corrected chi connectivity index (χ3v) is 5.07. The summed E-state index contributed by atoms with van der Waals surface area (Å²) >= 11 is 0. The maximum atomic E-state index is 14.7. The number of aliphatic hydroxyl groups is 1. The van der Waals surface area contributed by atoms with Crippen LogP contribution in [0.25, 0.3) is 10.9 Å². The van der Waals surface area contributed by atoms with Crippen LogP contribution in [0.3, 0.4) is 0 Å². The van der Waals surface area contributed by atoms with Gasteiger partial charge in [0.05, 0.1) is 29.8 Å². The second kappa shape index (κ2) is 7.17. The molecule has 0 aliphatic carbocycles. The molecule has 0 bridgehead atoms. The smallest absolute Gasteiger partial charge is 0.261 e. The van der Waals surface area contributed by atoms with E-state index in [1.54, 1.807) is 31.2 Å². The van der Waals surface area contributed by atoms with Gasteiger partial charge in [-0.3, -0.25) is 9.36 Å². The third-order valence-electron chi connectivity index (χ3n) is 5.07. The van der Waals surface area contributed by atoms with Crippen LogP contribution in [0.4, 0.5) is 8.78 Å². The van der Waals surface area contributed by atoms with E-state index in [0.717, 1.165) is 12.1 Å². The summed E-state index contributed by atoms with van der Waals surface area (Å²) in [6.45, 7) is 1.35. The summed E-state index contributed by atoms with van der Waals surface area (Å²) in [6, 6.07) is 8.75. The molecular weight excluding hydrogens is 380 g/mol. The van der Waals surface area contributed by atoms with Gasteiger partial charge in [0.15, 0.2) is 0 Å². The fourth-order valence-corrected chi connectivity index (χ4v) is 3.43. The molecular formula is C20H17F2N5O2. The number of para-hydroxylation sites is 1. The molecule has 0 unspecified atom stereocenters. The average Bonchev–Trinajstić information content (AvgIpc) is 3.20. The van der Waals surface area contributed by atoms with Gasteiger partial charge in [-0.2, -0.15) is 5.10 Å². The van der Waals surface area contributed by atoms with Gasteiger partial charge >= 0.3 is 0 Å². The Morgan fingerprint density at radius 2 is 1.97 bits per heavy atom. The Bertz CT molecular complexity index is 1230. The van der Waals surface area contributed by atoms with E-state index in [1.807, 2.05) is 0 Å². The summed E-state index contributed by atoms with van der Waals surface area (Å²) in [5.74, 6) is -1.70. The first-order chi connectivity index (χ1) is 13.9. The van der Waals surface area contributed by atoms with Crippen molar-refractivity contribution in [3.05, 3.63) is 89.0 Å². The van der Waals surface area contributed by atoms with Gasteiger partial charge in [-0.1, -0.05) is 18.2 Å². The zero-order valence-corrected chi connectivity index (χ0v) is 15.4. The number of nitrogens with zero attached hydrogens (tertiary/aromatic N) is 5. The molecule has 0 aliphatic heterocycles. The Labute approximate surface area is 163 Å². The number of aromatic nitrogens is 5. The Kier molecular flexibility index (Phi) is 4.67. The monoisotopic (exact) mass is 397 g/mol. The summed E-state index contributed by atoms with van der Waals surface area (Å²) in [5.41, 5.74) is -1.99. The van der Waals surface area contributed by atoms with Gasteiger partial charge in [-0.25, -0.2) is 23.4 Å². The summed E-state index contributed by atoms with van der Waals surface area (Å²) in [5, 5.41) is 15.9. The summed E-state index contributed by atoms with van der Waals surface area (Å²) in [7, 11) is 0. The molecule has 9 heteroatoms. The third kappa shape index (κ3) is 3.29. The van der Waals surface area contributed by atoms with Crippen molar-refractivity contribution in [2.24, 2.45) is 0 Å². The van der Waals surface area contributed by atoms with E-state index in [-0.39, 0.29) is 17.7 Å². The minimum absolute atomic E-state index is 0.165. The lowest BCUT2D eigenvalue weighted by Crippen LogP contribution is -2.43. The molecule has 4 aromatic rings.